The third-order valence-corrected chi connectivity index (χ3v) is 9.22. The minimum absolute atomic E-state index is 0.0770. The number of rotatable bonds is 5. The number of phenolic OH excluding ortho intramolecular Hbond substituents is 1. The molecule has 5 N–H and O–H groups in total. The number of ketones is 2. The van der Waals surface area contributed by atoms with Crippen LogP contribution in [0.15, 0.2) is 53.3 Å². The Morgan fingerprint density at radius 3 is 2.36 bits per heavy atom. The maximum atomic E-state index is 13.9. The number of amides is 1. The number of fused-ring (bicyclic) bond motifs is 3. The molecule has 3 aliphatic carbocycles. The van der Waals surface area contributed by atoms with E-state index in [1.165, 1.54) is 11.6 Å². The molecule has 4 aliphatic rings. The van der Waals surface area contributed by atoms with Gasteiger partial charge in [0.2, 0.25) is 0 Å². The van der Waals surface area contributed by atoms with Crippen molar-refractivity contribution >= 4 is 23.2 Å². The predicted octanol–water partition coefficient (Wildman–Crippen LogP) is 2.35. The smallest absolute Gasteiger partial charge is 0.255 e. The number of carbonyl (C=O) groups is 3. The van der Waals surface area contributed by atoms with Gasteiger partial charge in [0.1, 0.15) is 22.8 Å². The molecule has 1 amide bonds. The maximum absolute atomic E-state index is 13.9. The molecule has 0 aromatic heterocycles. The number of nitrogens with zero attached hydrogens (tertiary/aromatic N) is 2. The lowest BCUT2D eigenvalue weighted by atomic mass is 9.59. The van der Waals surface area contributed by atoms with Gasteiger partial charge < -0.3 is 25.8 Å². The number of morpholine rings is 1. The number of aromatic hydroxyl groups is 1. The van der Waals surface area contributed by atoms with Crippen molar-refractivity contribution in [3.8, 4) is 16.9 Å². The average Bonchev–Trinajstić information content (AvgIpc) is 2.93. The number of allylic oxidation sites excluding steroid dienone is 1. The van der Waals surface area contributed by atoms with Crippen LogP contribution in [0.25, 0.3) is 16.9 Å². The van der Waals surface area contributed by atoms with Crippen LogP contribution in [0, 0.1) is 17.8 Å². The van der Waals surface area contributed by atoms with Crippen LogP contribution < -0.4 is 5.73 Å². The van der Waals surface area contributed by atoms with Crippen LogP contribution in [0.5, 0.6) is 5.75 Å². The Bertz CT molecular complexity index is 1540. The lowest BCUT2D eigenvalue weighted by molar-refractivity contribution is -0.136. The van der Waals surface area contributed by atoms with Gasteiger partial charge in [-0.3, -0.25) is 24.2 Å². The van der Waals surface area contributed by atoms with Crippen molar-refractivity contribution in [1.29, 1.82) is 0 Å². The van der Waals surface area contributed by atoms with Crippen LogP contribution in [-0.4, -0.2) is 89.0 Å². The summed E-state index contributed by atoms with van der Waals surface area (Å²) in [6.45, 7) is 4.06. The maximum Gasteiger partial charge on any atom is 0.255 e. The highest BCUT2D eigenvalue weighted by molar-refractivity contribution is 6.28. The summed E-state index contributed by atoms with van der Waals surface area (Å²) in [5.41, 5.74) is 8.77. The number of likely N-dealkylation sites (N-methyl/N-ethyl adjacent to an activating group) is 1. The Balaban J connectivity index is 1.38. The number of carbonyl (C=O) groups excluding carboxylic acids is 3. The minimum Gasteiger partial charge on any atom is -0.510 e. The molecule has 1 saturated heterocycles. The summed E-state index contributed by atoms with van der Waals surface area (Å²) in [6.07, 6.45) is 0.665. The number of aliphatic hydroxyl groups excluding tert-OH is 2. The molecule has 6 rings (SSSR count). The van der Waals surface area contributed by atoms with E-state index in [0.717, 1.165) is 49.5 Å². The Morgan fingerprint density at radius 1 is 1.02 bits per heavy atom. The van der Waals surface area contributed by atoms with Gasteiger partial charge >= 0.3 is 0 Å². The summed E-state index contributed by atoms with van der Waals surface area (Å²) in [5, 5.41) is 33.3. The molecular weight excluding hydrogens is 538 g/mol. The monoisotopic (exact) mass is 573 g/mol. The first-order valence-electron chi connectivity index (χ1n) is 14.2. The Morgan fingerprint density at radius 2 is 1.71 bits per heavy atom. The van der Waals surface area contributed by atoms with E-state index < -0.39 is 52.6 Å². The van der Waals surface area contributed by atoms with Crippen LogP contribution >= 0.6 is 0 Å². The Kier molecular flexibility index (Phi) is 7.16. The fraction of sp³-hybridized carbons (Fsp3) is 0.406. The molecule has 220 valence electrons. The molecular formula is C32H35N3O7. The summed E-state index contributed by atoms with van der Waals surface area (Å²) in [5.74, 6) is -5.79. The van der Waals surface area contributed by atoms with E-state index in [1.54, 1.807) is 19.0 Å². The zero-order valence-corrected chi connectivity index (χ0v) is 23.7. The van der Waals surface area contributed by atoms with Crippen LogP contribution in [0.2, 0.25) is 0 Å². The number of phenols is 1. The SMILES string of the molecule is CN(C)[C@@H]1C(O)=C(C(N)=O)C(=O)C2C(=O)C3=C(O)c4c(O)ccc(-c5ccc(CN6CCOCC6)cc5)c4CC3CC21. The Labute approximate surface area is 243 Å². The van der Waals surface area contributed by atoms with Crippen LogP contribution in [0.4, 0.5) is 0 Å². The fourth-order valence-electron chi connectivity index (χ4n) is 7.34. The van der Waals surface area contributed by atoms with Crippen LogP contribution in [-0.2, 0) is 32.1 Å². The number of ether oxygens (including phenoxy) is 1. The number of nitrogens with two attached hydrogens (primary N) is 1. The van der Waals surface area contributed by atoms with E-state index in [2.05, 4.69) is 17.0 Å². The van der Waals surface area contributed by atoms with E-state index in [4.69, 9.17) is 10.5 Å². The van der Waals surface area contributed by atoms with Gasteiger partial charge in [-0.15, -0.1) is 0 Å². The van der Waals surface area contributed by atoms with Crippen molar-refractivity contribution in [1.82, 2.24) is 9.80 Å². The topological polar surface area (TPSA) is 154 Å². The third-order valence-electron chi connectivity index (χ3n) is 9.22. The molecule has 0 spiro atoms. The van der Waals surface area contributed by atoms with E-state index in [1.807, 2.05) is 18.2 Å². The zero-order valence-electron chi connectivity index (χ0n) is 23.7. The first-order chi connectivity index (χ1) is 20.1. The van der Waals surface area contributed by atoms with Gasteiger partial charge in [0, 0.05) is 25.2 Å². The lowest BCUT2D eigenvalue weighted by Crippen LogP contribution is -2.55. The van der Waals surface area contributed by atoms with Crippen molar-refractivity contribution in [3.63, 3.8) is 0 Å². The molecule has 10 nitrogen and oxygen atoms in total. The quantitative estimate of drug-likeness (QED) is 0.312. The van der Waals surface area contributed by atoms with E-state index in [9.17, 15) is 29.7 Å². The first-order valence-corrected chi connectivity index (χ1v) is 14.2. The highest BCUT2D eigenvalue weighted by Crippen LogP contribution is 2.51. The van der Waals surface area contributed by atoms with Crippen molar-refractivity contribution in [2.24, 2.45) is 23.5 Å². The summed E-state index contributed by atoms with van der Waals surface area (Å²) >= 11 is 0. The van der Waals surface area contributed by atoms with E-state index in [0.29, 0.717) is 12.8 Å². The van der Waals surface area contributed by atoms with Crippen molar-refractivity contribution in [2.45, 2.75) is 25.4 Å². The average molecular weight is 574 g/mol. The molecule has 1 saturated carbocycles. The van der Waals surface area contributed by atoms with Gasteiger partial charge in [-0.25, -0.2) is 0 Å². The predicted molar refractivity (Wildman–Crippen MR) is 154 cm³/mol. The molecule has 0 bridgehead atoms. The van der Waals surface area contributed by atoms with Gasteiger partial charge in [0.25, 0.3) is 5.91 Å². The van der Waals surface area contributed by atoms with Gasteiger partial charge in [0.15, 0.2) is 11.6 Å². The second-order valence-corrected chi connectivity index (χ2v) is 11.9. The Hall–Kier alpha value is -3.99. The van der Waals surface area contributed by atoms with Gasteiger partial charge in [0.05, 0.1) is 30.7 Å². The standard InChI is InChI=1S/C32H35N3O7/c1-34(2)27-21-14-18-13-20-19(17-5-3-16(4-6-17)15-35-9-11-42-12-10-35)7-8-22(36)24(20)28(37)23(18)29(38)25(21)30(39)26(31(27)40)32(33)41/h3-8,18,21,25,27,36-37,40H,9-15H2,1-2H3,(H2,33,41)/t18?,21?,25?,27-/m0/s1. The number of hydrogen-bond donors (Lipinski definition) is 4. The largest absolute Gasteiger partial charge is 0.510 e. The first kappa shape index (κ1) is 28.1. The molecule has 2 aromatic carbocycles. The summed E-state index contributed by atoms with van der Waals surface area (Å²) in [6, 6.07) is 10.7. The molecule has 1 aliphatic heterocycles. The third kappa shape index (κ3) is 4.50. The van der Waals surface area contributed by atoms with Crippen molar-refractivity contribution < 1.29 is 34.4 Å². The highest BCUT2D eigenvalue weighted by Gasteiger charge is 2.55. The molecule has 3 unspecified atom stereocenters. The van der Waals surface area contributed by atoms with Crippen molar-refractivity contribution in [3.05, 3.63) is 70.0 Å². The van der Waals surface area contributed by atoms with E-state index in [-0.39, 0.29) is 22.6 Å². The van der Waals surface area contributed by atoms with Crippen LogP contribution in [0.3, 0.4) is 0 Å². The highest BCUT2D eigenvalue weighted by atomic mass is 16.5. The summed E-state index contributed by atoms with van der Waals surface area (Å²) < 4.78 is 5.44. The zero-order chi connectivity index (χ0) is 29.9. The van der Waals surface area contributed by atoms with Crippen molar-refractivity contribution in [2.75, 3.05) is 40.4 Å². The second kappa shape index (κ2) is 10.7. The minimum atomic E-state index is -1.27. The van der Waals surface area contributed by atoms with Gasteiger partial charge in [-0.05, 0) is 67.1 Å². The number of Topliss-reactive ketones (excluding diaryl/α,β-unsaturated/α-hetero) is 2. The molecule has 2 fully saturated rings. The molecule has 10 heteroatoms. The lowest BCUT2D eigenvalue weighted by Gasteiger charge is -2.46. The molecule has 0 radical (unpaired) electrons. The molecule has 4 atom stereocenters. The number of aliphatic hydroxyl groups is 2. The number of primary amides is 1. The van der Waals surface area contributed by atoms with Gasteiger partial charge in [-0.1, -0.05) is 30.3 Å². The normalized spacial score (nSPS) is 26.3. The number of benzene rings is 2. The summed E-state index contributed by atoms with van der Waals surface area (Å²) in [4.78, 5) is 43.4. The van der Waals surface area contributed by atoms with Gasteiger partial charge in [-0.2, -0.15) is 0 Å². The summed E-state index contributed by atoms with van der Waals surface area (Å²) in [7, 11) is 3.41. The van der Waals surface area contributed by atoms with Crippen LogP contribution in [0.1, 0.15) is 23.1 Å². The van der Waals surface area contributed by atoms with E-state index >= 15 is 0 Å². The molecule has 2 aromatic rings. The fourth-order valence-corrected chi connectivity index (χ4v) is 7.34. The second-order valence-electron chi connectivity index (χ2n) is 11.9. The molecule has 42 heavy (non-hydrogen) atoms. The number of hydrogen-bond acceptors (Lipinski definition) is 9. The molecule has 1 heterocycles.